The van der Waals surface area contributed by atoms with E-state index < -0.39 is 17.5 Å². The van der Waals surface area contributed by atoms with Gasteiger partial charge in [-0.15, -0.1) is 0 Å². The van der Waals surface area contributed by atoms with Gasteiger partial charge in [-0.25, -0.2) is 14.2 Å². The molecule has 5 rings (SSSR count). The summed E-state index contributed by atoms with van der Waals surface area (Å²) in [5.74, 6) is -0.111. The molecule has 1 aliphatic heterocycles. The Kier molecular flexibility index (Phi) is 8.75. The van der Waals surface area contributed by atoms with Gasteiger partial charge in [-0.3, -0.25) is 0 Å². The number of nitrogen functional groups attached to an aromatic ring is 1. The number of amides is 1. The van der Waals surface area contributed by atoms with Crippen LogP contribution in [-0.2, 0) is 4.74 Å². The van der Waals surface area contributed by atoms with Crippen molar-refractivity contribution >= 4 is 51.0 Å². The molecule has 3 heterocycles. The predicted molar refractivity (Wildman–Crippen MR) is 168 cm³/mol. The summed E-state index contributed by atoms with van der Waals surface area (Å²) in [6.07, 6.45) is 1.53. The number of aromatic nitrogens is 3. The maximum absolute atomic E-state index is 16.6. The second kappa shape index (κ2) is 12.3. The molecule has 2 atom stereocenters. The summed E-state index contributed by atoms with van der Waals surface area (Å²) in [6, 6.07) is 10.7. The zero-order chi connectivity index (χ0) is 30.9. The number of pyridine rings is 1. The minimum absolute atomic E-state index is 0.0206. The summed E-state index contributed by atoms with van der Waals surface area (Å²) in [7, 11) is 2.05. The van der Waals surface area contributed by atoms with E-state index in [0.717, 1.165) is 24.8 Å². The number of benzene rings is 2. The van der Waals surface area contributed by atoms with Gasteiger partial charge in [0.15, 0.2) is 5.82 Å². The van der Waals surface area contributed by atoms with Crippen molar-refractivity contribution in [2.24, 2.45) is 0 Å². The molecule has 0 bridgehead atoms. The number of hydrogen-bond donors (Lipinski definition) is 3. The van der Waals surface area contributed by atoms with Gasteiger partial charge < -0.3 is 30.7 Å². The van der Waals surface area contributed by atoms with Crippen molar-refractivity contribution in [3.05, 3.63) is 47.2 Å². The van der Waals surface area contributed by atoms with E-state index in [1.807, 2.05) is 38.2 Å². The molecule has 1 saturated heterocycles. The summed E-state index contributed by atoms with van der Waals surface area (Å²) in [6.45, 7) is 8.80. The summed E-state index contributed by atoms with van der Waals surface area (Å²) in [5, 5.41) is 7.99. The van der Waals surface area contributed by atoms with Gasteiger partial charge in [0.2, 0.25) is 0 Å². The standard InChI is InChI=1S/C31H37ClFN7O3/c1-17(15-35-30(41)43-31(2,3)4)36-28-21-14-22(32)24(26-20-11-7-6-9-18(20)13-23(34)37-26)25(33)27(21)38-29(39-28)42-16-19-10-8-12-40(19)5/h6-7,9,11,13-14,17,19H,8,10,12,15-16H2,1-5H3,(H2,34,37)(H,35,41)(H,36,38,39)/t17-,19-/m0/s1. The second-order valence-electron chi connectivity index (χ2n) is 11.9. The maximum Gasteiger partial charge on any atom is 0.407 e. The normalized spacial score (nSPS) is 16.4. The van der Waals surface area contributed by atoms with Crippen molar-refractivity contribution in [3.63, 3.8) is 0 Å². The average molecular weight is 610 g/mol. The zero-order valence-corrected chi connectivity index (χ0v) is 25.8. The molecule has 43 heavy (non-hydrogen) atoms. The van der Waals surface area contributed by atoms with Gasteiger partial charge in [-0.2, -0.15) is 9.97 Å². The Hall–Kier alpha value is -3.96. The number of nitrogens with one attached hydrogen (secondary N) is 2. The highest BCUT2D eigenvalue weighted by atomic mass is 35.5. The van der Waals surface area contributed by atoms with E-state index in [9.17, 15) is 4.79 Å². The molecule has 1 aliphatic rings. The molecule has 1 fully saturated rings. The van der Waals surface area contributed by atoms with Gasteiger partial charge in [0, 0.05) is 29.4 Å². The van der Waals surface area contributed by atoms with Gasteiger partial charge >= 0.3 is 12.1 Å². The lowest BCUT2D eigenvalue weighted by Gasteiger charge is -2.22. The Morgan fingerprint density at radius 1 is 1.21 bits per heavy atom. The summed E-state index contributed by atoms with van der Waals surface area (Å²) < 4.78 is 27.9. The van der Waals surface area contributed by atoms with Crippen LogP contribution in [0.25, 0.3) is 32.9 Å². The summed E-state index contributed by atoms with van der Waals surface area (Å²) in [4.78, 5) is 28.0. The molecule has 0 unspecified atom stereocenters. The van der Waals surface area contributed by atoms with Crippen LogP contribution in [0.2, 0.25) is 5.02 Å². The van der Waals surface area contributed by atoms with Crippen LogP contribution in [0.5, 0.6) is 6.01 Å². The summed E-state index contributed by atoms with van der Waals surface area (Å²) >= 11 is 6.76. The number of nitrogens with zero attached hydrogens (tertiary/aromatic N) is 4. The number of carbonyl (C=O) groups excluding carboxylic acids is 1. The Balaban J connectivity index is 1.54. The van der Waals surface area contributed by atoms with E-state index >= 15 is 4.39 Å². The number of ether oxygens (including phenoxy) is 2. The van der Waals surface area contributed by atoms with Crippen LogP contribution in [0, 0.1) is 5.82 Å². The van der Waals surface area contributed by atoms with E-state index in [2.05, 4.69) is 30.5 Å². The fourth-order valence-electron chi connectivity index (χ4n) is 5.17. The fraction of sp³-hybridized carbons (Fsp3) is 0.419. The van der Waals surface area contributed by atoms with Crippen LogP contribution >= 0.6 is 11.6 Å². The van der Waals surface area contributed by atoms with Gasteiger partial charge in [-0.1, -0.05) is 35.9 Å². The van der Waals surface area contributed by atoms with Crippen molar-refractivity contribution in [1.82, 2.24) is 25.2 Å². The molecule has 2 aromatic heterocycles. The first-order valence-corrected chi connectivity index (χ1v) is 14.7. The lowest BCUT2D eigenvalue weighted by atomic mass is 10.0. The highest BCUT2D eigenvalue weighted by Gasteiger charge is 2.25. The lowest BCUT2D eigenvalue weighted by molar-refractivity contribution is 0.0526. The van der Waals surface area contributed by atoms with Crippen molar-refractivity contribution in [2.75, 3.05) is 37.8 Å². The first-order valence-electron chi connectivity index (χ1n) is 14.3. The number of anilines is 2. The van der Waals surface area contributed by atoms with Gasteiger partial charge in [0.05, 0.1) is 16.3 Å². The van der Waals surface area contributed by atoms with Crippen molar-refractivity contribution in [2.45, 2.75) is 58.2 Å². The van der Waals surface area contributed by atoms with Gasteiger partial charge in [-0.05, 0) is 71.6 Å². The highest BCUT2D eigenvalue weighted by Crippen LogP contribution is 2.40. The number of likely N-dealkylation sites (N-methyl/N-ethyl adjacent to an activating group) is 1. The summed E-state index contributed by atoms with van der Waals surface area (Å²) in [5.41, 5.74) is 5.90. The molecular formula is C31H37ClFN7O3. The molecule has 4 aromatic rings. The minimum atomic E-state index is -0.668. The fourth-order valence-corrected chi connectivity index (χ4v) is 5.45. The molecule has 12 heteroatoms. The number of alkyl carbamates (subject to hydrolysis) is 1. The smallest absolute Gasteiger partial charge is 0.407 e. The molecule has 10 nitrogen and oxygen atoms in total. The van der Waals surface area contributed by atoms with Crippen LogP contribution in [-0.4, -0.2) is 70.4 Å². The molecular weight excluding hydrogens is 573 g/mol. The van der Waals surface area contributed by atoms with Gasteiger partial charge in [0.25, 0.3) is 0 Å². The van der Waals surface area contributed by atoms with E-state index in [1.165, 1.54) is 0 Å². The average Bonchev–Trinajstić information content (AvgIpc) is 3.34. The molecule has 228 valence electrons. The number of nitrogens with two attached hydrogens (primary N) is 1. The lowest BCUT2D eigenvalue weighted by Crippen LogP contribution is -2.38. The molecule has 0 saturated carbocycles. The van der Waals surface area contributed by atoms with E-state index in [0.29, 0.717) is 28.9 Å². The molecule has 0 spiro atoms. The van der Waals surface area contributed by atoms with Crippen LogP contribution in [0.15, 0.2) is 36.4 Å². The first-order chi connectivity index (χ1) is 20.4. The SMILES string of the molecule is C[C@@H](CNC(=O)OC(C)(C)C)Nc1nc(OC[C@@H]2CCCN2C)nc2c(F)c(-c3nc(N)cc4ccccc34)c(Cl)cc12. The third-order valence-electron chi connectivity index (χ3n) is 7.27. The van der Waals surface area contributed by atoms with E-state index in [4.69, 9.17) is 26.8 Å². The zero-order valence-electron chi connectivity index (χ0n) is 25.0. The molecule has 0 aliphatic carbocycles. The monoisotopic (exact) mass is 609 g/mol. The van der Waals surface area contributed by atoms with Crippen molar-refractivity contribution in [1.29, 1.82) is 0 Å². The molecule has 4 N–H and O–H groups in total. The van der Waals surface area contributed by atoms with Crippen LogP contribution in [0.1, 0.15) is 40.5 Å². The minimum Gasteiger partial charge on any atom is -0.462 e. The number of rotatable bonds is 8. The third kappa shape index (κ3) is 7.00. The number of hydrogen-bond acceptors (Lipinski definition) is 9. The molecule has 1 amide bonds. The van der Waals surface area contributed by atoms with Crippen LogP contribution < -0.4 is 21.1 Å². The van der Waals surface area contributed by atoms with Crippen molar-refractivity contribution < 1.29 is 18.7 Å². The van der Waals surface area contributed by atoms with Gasteiger partial charge in [0.1, 0.15) is 29.4 Å². The second-order valence-corrected chi connectivity index (χ2v) is 12.3. The highest BCUT2D eigenvalue weighted by molar-refractivity contribution is 6.34. The predicted octanol–water partition coefficient (Wildman–Crippen LogP) is 6.02. The van der Waals surface area contributed by atoms with E-state index in [1.54, 1.807) is 32.9 Å². The van der Waals surface area contributed by atoms with Crippen LogP contribution in [0.3, 0.4) is 0 Å². The Bertz CT molecular complexity index is 1660. The topological polar surface area (TPSA) is 128 Å². The maximum atomic E-state index is 16.6. The third-order valence-corrected chi connectivity index (χ3v) is 7.57. The first kappa shape index (κ1) is 30.5. The number of fused-ring (bicyclic) bond motifs is 2. The van der Waals surface area contributed by atoms with E-state index in [-0.39, 0.29) is 46.6 Å². The largest absolute Gasteiger partial charge is 0.462 e. The quantitative estimate of drug-likeness (QED) is 0.220. The van der Waals surface area contributed by atoms with Crippen LogP contribution in [0.4, 0.5) is 20.8 Å². The number of likely N-dealkylation sites (tertiary alicyclic amines) is 1. The van der Waals surface area contributed by atoms with Crippen molar-refractivity contribution in [3.8, 4) is 17.3 Å². The Morgan fingerprint density at radius 3 is 2.70 bits per heavy atom. The molecule has 2 aromatic carbocycles. The number of halogens is 2. The Morgan fingerprint density at radius 2 is 1.98 bits per heavy atom. The Labute approximate surface area is 255 Å². The molecule has 0 radical (unpaired) electrons. The number of carbonyl (C=O) groups is 1.